The summed E-state index contributed by atoms with van der Waals surface area (Å²) in [6.45, 7) is 11.3. The van der Waals surface area contributed by atoms with E-state index in [1.807, 2.05) is 0 Å². The van der Waals surface area contributed by atoms with Crippen molar-refractivity contribution in [2.75, 3.05) is 12.8 Å². The van der Waals surface area contributed by atoms with Crippen LogP contribution in [0.15, 0.2) is 18.2 Å². The van der Waals surface area contributed by atoms with E-state index in [2.05, 4.69) is 76.9 Å². The van der Waals surface area contributed by atoms with Crippen molar-refractivity contribution < 1.29 is 0 Å². The van der Waals surface area contributed by atoms with Crippen LogP contribution in [-0.2, 0) is 0 Å². The number of nitrogens with one attached hydrogen (secondary N) is 1. The van der Waals surface area contributed by atoms with Gasteiger partial charge in [0.2, 0.25) is 0 Å². The molecule has 0 aliphatic heterocycles. The first-order valence-corrected chi connectivity index (χ1v) is 7.86. The normalized spacial score (nSPS) is 14.8. The Morgan fingerprint density at radius 2 is 1.83 bits per heavy atom. The maximum atomic E-state index is 3.46. The molecule has 0 saturated carbocycles. The molecule has 2 atom stereocenters. The van der Waals surface area contributed by atoms with Gasteiger partial charge in [0.25, 0.3) is 0 Å². The van der Waals surface area contributed by atoms with Crippen LogP contribution in [0.5, 0.6) is 0 Å². The van der Waals surface area contributed by atoms with Crippen LogP contribution in [-0.4, -0.2) is 18.1 Å². The van der Waals surface area contributed by atoms with Gasteiger partial charge in [0, 0.05) is 17.0 Å². The van der Waals surface area contributed by atoms with Gasteiger partial charge in [0.1, 0.15) is 0 Å². The first-order valence-electron chi connectivity index (χ1n) is 6.81. The summed E-state index contributed by atoms with van der Waals surface area (Å²) in [7, 11) is 2.06. The van der Waals surface area contributed by atoms with Gasteiger partial charge in [-0.15, -0.1) is 0 Å². The lowest BCUT2D eigenvalue weighted by Crippen LogP contribution is -2.21. The van der Waals surface area contributed by atoms with E-state index >= 15 is 0 Å². The summed E-state index contributed by atoms with van der Waals surface area (Å²) in [4.78, 5) is 0. The van der Waals surface area contributed by atoms with Crippen molar-refractivity contribution in [3.63, 3.8) is 0 Å². The highest BCUT2D eigenvalue weighted by molar-refractivity contribution is 7.99. The zero-order chi connectivity index (χ0) is 13.7. The number of aryl methyl sites for hydroxylation is 2. The molecule has 18 heavy (non-hydrogen) atoms. The summed E-state index contributed by atoms with van der Waals surface area (Å²) >= 11 is 2.06. The Morgan fingerprint density at radius 1 is 1.17 bits per heavy atom. The molecule has 1 nitrogen and oxygen atoms in total. The zero-order valence-corrected chi connectivity index (χ0v) is 13.4. The van der Waals surface area contributed by atoms with Crippen LogP contribution in [0, 0.1) is 19.8 Å². The first kappa shape index (κ1) is 15.6. The lowest BCUT2D eigenvalue weighted by atomic mass is 10.0. The van der Waals surface area contributed by atoms with Crippen LogP contribution in [0.1, 0.15) is 43.5 Å². The van der Waals surface area contributed by atoms with Gasteiger partial charge < -0.3 is 5.32 Å². The minimum Gasteiger partial charge on any atom is -0.312 e. The van der Waals surface area contributed by atoms with Gasteiger partial charge in [-0.3, -0.25) is 0 Å². The van der Waals surface area contributed by atoms with E-state index in [1.165, 1.54) is 16.7 Å². The predicted molar refractivity (Wildman–Crippen MR) is 84.5 cm³/mol. The molecule has 0 bridgehead atoms. The summed E-state index contributed by atoms with van der Waals surface area (Å²) in [6, 6.07) is 7.19. The Morgan fingerprint density at radius 3 is 2.39 bits per heavy atom. The Hall–Kier alpha value is -0.470. The molecule has 1 aromatic rings. The van der Waals surface area contributed by atoms with Crippen LogP contribution in [0.4, 0.5) is 0 Å². The molecule has 0 fully saturated rings. The summed E-state index contributed by atoms with van der Waals surface area (Å²) in [5.41, 5.74) is 4.18. The van der Waals surface area contributed by atoms with E-state index in [-0.39, 0.29) is 0 Å². The van der Waals surface area contributed by atoms with Crippen molar-refractivity contribution in [2.45, 2.75) is 45.9 Å². The van der Waals surface area contributed by atoms with Crippen molar-refractivity contribution in [2.24, 2.45) is 5.92 Å². The number of hydrogen-bond acceptors (Lipinski definition) is 2. The second kappa shape index (κ2) is 7.20. The molecular weight excluding hydrogens is 238 g/mol. The molecule has 0 heterocycles. The van der Waals surface area contributed by atoms with Gasteiger partial charge in [0.05, 0.1) is 0 Å². The monoisotopic (exact) mass is 265 g/mol. The van der Waals surface area contributed by atoms with E-state index in [4.69, 9.17) is 0 Å². The van der Waals surface area contributed by atoms with E-state index in [9.17, 15) is 0 Å². The average molecular weight is 265 g/mol. The van der Waals surface area contributed by atoms with Gasteiger partial charge in [0.15, 0.2) is 0 Å². The first-order chi connectivity index (χ1) is 8.45. The predicted octanol–water partition coefficient (Wildman–Crippen LogP) is 4.34. The number of hydrogen-bond donors (Lipinski definition) is 1. The molecule has 0 radical (unpaired) electrons. The maximum Gasteiger partial charge on any atom is 0.0412 e. The van der Waals surface area contributed by atoms with Crippen LogP contribution in [0.25, 0.3) is 0 Å². The highest BCUT2D eigenvalue weighted by Crippen LogP contribution is 2.27. The average Bonchev–Trinajstić information content (AvgIpc) is 2.33. The third-order valence-corrected chi connectivity index (χ3v) is 5.22. The lowest BCUT2D eigenvalue weighted by molar-refractivity contribution is 0.628. The lowest BCUT2D eigenvalue weighted by Gasteiger charge is -2.22. The van der Waals surface area contributed by atoms with Gasteiger partial charge in [-0.25, -0.2) is 0 Å². The molecule has 1 aromatic carbocycles. The van der Waals surface area contributed by atoms with Crippen molar-refractivity contribution >= 4 is 11.8 Å². The summed E-state index contributed by atoms with van der Waals surface area (Å²) in [5, 5.41) is 4.17. The van der Waals surface area contributed by atoms with Crippen LogP contribution in [0.3, 0.4) is 0 Å². The van der Waals surface area contributed by atoms with Gasteiger partial charge >= 0.3 is 0 Å². The van der Waals surface area contributed by atoms with Crippen molar-refractivity contribution in [3.05, 3.63) is 34.9 Å². The second-order valence-electron chi connectivity index (χ2n) is 5.48. The second-order valence-corrected chi connectivity index (χ2v) is 6.89. The molecule has 1 N–H and O–H groups in total. The Labute approximate surface area is 117 Å². The van der Waals surface area contributed by atoms with E-state index in [1.54, 1.807) is 0 Å². The van der Waals surface area contributed by atoms with Gasteiger partial charge in [-0.05, 0) is 37.9 Å². The molecule has 0 spiro atoms. The summed E-state index contributed by atoms with van der Waals surface area (Å²) < 4.78 is 0. The molecule has 2 heteroatoms. The number of benzene rings is 1. The fourth-order valence-corrected chi connectivity index (χ4v) is 3.13. The third kappa shape index (κ3) is 4.33. The number of thioether (sulfide) groups is 1. The highest BCUT2D eigenvalue weighted by Gasteiger charge is 2.15. The number of rotatable bonds is 6. The molecule has 0 saturated heterocycles. The van der Waals surface area contributed by atoms with Crippen molar-refractivity contribution in [3.8, 4) is 0 Å². The zero-order valence-electron chi connectivity index (χ0n) is 12.6. The Kier molecular flexibility index (Phi) is 6.24. The van der Waals surface area contributed by atoms with E-state index in [0.717, 1.165) is 11.7 Å². The fraction of sp³-hybridized carbons (Fsp3) is 0.625. The smallest absolute Gasteiger partial charge is 0.0412 e. The maximum absolute atomic E-state index is 3.46. The van der Waals surface area contributed by atoms with Crippen molar-refractivity contribution in [1.82, 2.24) is 5.32 Å². The van der Waals surface area contributed by atoms with E-state index < -0.39 is 0 Å². The van der Waals surface area contributed by atoms with Crippen LogP contribution in [0.2, 0.25) is 0 Å². The Balaban J connectivity index is 2.74. The van der Waals surface area contributed by atoms with Crippen LogP contribution >= 0.6 is 11.8 Å². The highest BCUT2D eigenvalue weighted by atomic mass is 32.2. The molecule has 2 unspecified atom stereocenters. The van der Waals surface area contributed by atoms with Gasteiger partial charge in [-0.1, -0.05) is 44.5 Å². The minimum atomic E-state index is 0.455. The van der Waals surface area contributed by atoms with Crippen LogP contribution < -0.4 is 5.32 Å². The largest absolute Gasteiger partial charge is 0.312 e. The molecule has 1 rings (SSSR count). The minimum absolute atomic E-state index is 0.455. The third-order valence-electron chi connectivity index (χ3n) is 3.62. The summed E-state index contributed by atoms with van der Waals surface area (Å²) in [6.07, 6.45) is 0. The Bertz CT molecular complexity index is 373. The molecule has 102 valence electrons. The quantitative estimate of drug-likeness (QED) is 0.821. The SMILES string of the molecule is CNC(CSC(C)C(C)C)c1cc(C)ccc1C. The topological polar surface area (TPSA) is 12.0 Å². The molecule has 0 amide bonds. The van der Waals surface area contributed by atoms with Crippen molar-refractivity contribution in [1.29, 1.82) is 0 Å². The molecule has 0 aromatic heterocycles. The molecule has 0 aliphatic rings. The molecule has 0 aliphatic carbocycles. The standard InChI is InChI=1S/C16H27NS/c1-11(2)14(5)18-10-16(17-6)15-9-12(3)7-8-13(15)4/h7-9,11,14,16-17H,10H2,1-6H3. The molecular formula is C16H27NS. The summed E-state index contributed by atoms with van der Waals surface area (Å²) in [5.74, 6) is 1.88. The van der Waals surface area contributed by atoms with Gasteiger partial charge in [-0.2, -0.15) is 11.8 Å². The van der Waals surface area contributed by atoms with E-state index in [0.29, 0.717) is 11.3 Å². The fourth-order valence-electron chi connectivity index (χ4n) is 1.90.